The van der Waals surface area contributed by atoms with Crippen LogP contribution < -0.4 is 10.1 Å². The van der Waals surface area contributed by atoms with Gasteiger partial charge in [-0.05, 0) is 62.0 Å². The van der Waals surface area contributed by atoms with Gasteiger partial charge in [0.2, 0.25) is 0 Å². The molecule has 0 aliphatic carbocycles. The van der Waals surface area contributed by atoms with E-state index in [0.29, 0.717) is 5.92 Å². The van der Waals surface area contributed by atoms with E-state index in [1.54, 1.807) is 13.2 Å². The monoisotopic (exact) mass is 223 g/mol. The molecule has 2 rings (SSSR count). The number of rotatable bonds is 3. The van der Waals surface area contributed by atoms with Crippen molar-refractivity contribution >= 4 is 0 Å². The molecule has 16 heavy (non-hydrogen) atoms. The molecule has 0 atom stereocenters. The summed E-state index contributed by atoms with van der Waals surface area (Å²) >= 11 is 0. The number of methoxy groups -OCH3 is 1. The van der Waals surface area contributed by atoms with Gasteiger partial charge in [-0.3, -0.25) is 0 Å². The summed E-state index contributed by atoms with van der Waals surface area (Å²) in [4.78, 5) is 0. The zero-order chi connectivity index (χ0) is 11.4. The minimum absolute atomic E-state index is 0.112. The highest BCUT2D eigenvalue weighted by molar-refractivity contribution is 5.30. The molecule has 1 aliphatic heterocycles. The Bertz CT molecular complexity index is 348. The Labute approximate surface area is 95.8 Å². The van der Waals surface area contributed by atoms with Gasteiger partial charge in [0.05, 0.1) is 7.11 Å². The summed E-state index contributed by atoms with van der Waals surface area (Å²) in [6.45, 7) is 2.10. The number of ether oxygens (including phenoxy) is 1. The van der Waals surface area contributed by atoms with Crippen molar-refractivity contribution in [3.8, 4) is 5.75 Å². The highest BCUT2D eigenvalue weighted by Gasteiger charge is 2.15. The van der Waals surface area contributed by atoms with Gasteiger partial charge in [0.25, 0.3) is 0 Å². The van der Waals surface area contributed by atoms with E-state index in [9.17, 15) is 4.39 Å². The number of hydrogen-bond donors (Lipinski definition) is 1. The Morgan fingerprint density at radius 3 is 2.81 bits per heavy atom. The van der Waals surface area contributed by atoms with E-state index < -0.39 is 0 Å². The molecule has 0 unspecified atom stereocenters. The van der Waals surface area contributed by atoms with Gasteiger partial charge in [0.1, 0.15) is 11.6 Å². The smallest absolute Gasteiger partial charge is 0.126 e. The molecule has 2 nitrogen and oxygen atoms in total. The molecule has 1 aliphatic rings. The summed E-state index contributed by atoms with van der Waals surface area (Å²) in [6.07, 6.45) is 3.10. The number of halogens is 1. The van der Waals surface area contributed by atoms with Crippen molar-refractivity contribution in [1.82, 2.24) is 5.32 Å². The van der Waals surface area contributed by atoms with Gasteiger partial charge < -0.3 is 10.1 Å². The second kappa shape index (κ2) is 5.30. The van der Waals surface area contributed by atoms with Crippen molar-refractivity contribution in [3.05, 3.63) is 29.6 Å². The zero-order valence-electron chi connectivity index (χ0n) is 9.63. The number of hydrogen-bond acceptors (Lipinski definition) is 2. The molecule has 1 aromatic carbocycles. The lowest BCUT2D eigenvalue weighted by molar-refractivity contribution is 0.366. The van der Waals surface area contributed by atoms with Crippen molar-refractivity contribution in [2.45, 2.75) is 19.3 Å². The molecule has 1 N–H and O–H groups in total. The first-order valence-corrected chi connectivity index (χ1v) is 5.82. The van der Waals surface area contributed by atoms with E-state index in [4.69, 9.17) is 4.74 Å². The van der Waals surface area contributed by atoms with Crippen LogP contribution in [-0.4, -0.2) is 20.2 Å². The van der Waals surface area contributed by atoms with Crippen molar-refractivity contribution in [2.24, 2.45) is 5.92 Å². The van der Waals surface area contributed by atoms with Crippen LogP contribution in [0.2, 0.25) is 0 Å². The summed E-state index contributed by atoms with van der Waals surface area (Å²) in [6, 6.07) is 4.98. The second-order valence-corrected chi connectivity index (χ2v) is 4.35. The van der Waals surface area contributed by atoms with Crippen molar-refractivity contribution in [2.75, 3.05) is 20.2 Å². The summed E-state index contributed by atoms with van der Waals surface area (Å²) in [5.74, 6) is 1.23. The summed E-state index contributed by atoms with van der Waals surface area (Å²) in [5, 5.41) is 3.32. The van der Waals surface area contributed by atoms with Crippen LogP contribution in [0.5, 0.6) is 5.75 Å². The summed E-state index contributed by atoms with van der Waals surface area (Å²) in [5.41, 5.74) is 0.784. The normalized spacial score (nSPS) is 17.4. The summed E-state index contributed by atoms with van der Waals surface area (Å²) < 4.78 is 18.7. The molecule has 88 valence electrons. The maximum absolute atomic E-state index is 13.6. The number of benzene rings is 1. The van der Waals surface area contributed by atoms with Crippen molar-refractivity contribution < 1.29 is 9.13 Å². The minimum Gasteiger partial charge on any atom is -0.497 e. The van der Waals surface area contributed by atoms with Gasteiger partial charge in [-0.25, -0.2) is 4.39 Å². The predicted octanol–water partition coefficient (Wildman–Crippen LogP) is 2.38. The van der Waals surface area contributed by atoms with Crippen LogP contribution in [0.25, 0.3) is 0 Å². The Morgan fingerprint density at radius 1 is 1.38 bits per heavy atom. The van der Waals surface area contributed by atoms with E-state index >= 15 is 0 Å². The predicted molar refractivity (Wildman–Crippen MR) is 62.2 cm³/mol. The lowest BCUT2D eigenvalue weighted by Gasteiger charge is -2.22. The third-order valence-corrected chi connectivity index (χ3v) is 3.22. The summed E-state index contributed by atoms with van der Waals surface area (Å²) in [7, 11) is 1.61. The highest BCUT2D eigenvalue weighted by atomic mass is 19.1. The maximum Gasteiger partial charge on any atom is 0.126 e. The lowest BCUT2D eigenvalue weighted by Crippen LogP contribution is -2.28. The van der Waals surface area contributed by atoms with Gasteiger partial charge in [-0.15, -0.1) is 0 Å². The number of piperidine rings is 1. The van der Waals surface area contributed by atoms with Crippen LogP contribution in [0.1, 0.15) is 18.4 Å². The second-order valence-electron chi connectivity index (χ2n) is 4.35. The molecule has 1 saturated heterocycles. The molecule has 0 bridgehead atoms. The topological polar surface area (TPSA) is 21.3 Å². The van der Waals surface area contributed by atoms with Crippen LogP contribution in [0.15, 0.2) is 18.2 Å². The first kappa shape index (κ1) is 11.4. The maximum atomic E-state index is 13.6. The molecule has 3 heteroatoms. The van der Waals surface area contributed by atoms with E-state index in [1.807, 2.05) is 6.07 Å². The largest absolute Gasteiger partial charge is 0.497 e. The quantitative estimate of drug-likeness (QED) is 0.849. The molecule has 1 heterocycles. The average Bonchev–Trinajstić information content (AvgIpc) is 2.33. The van der Waals surface area contributed by atoms with Crippen molar-refractivity contribution in [3.63, 3.8) is 0 Å². The van der Waals surface area contributed by atoms with Gasteiger partial charge in [-0.1, -0.05) is 0 Å². The minimum atomic E-state index is -0.112. The fourth-order valence-electron chi connectivity index (χ4n) is 2.23. The van der Waals surface area contributed by atoms with Crippen LogP contribution in [0.4, 0.5) is 4.39 Å². The zero-order valence-corrected chi connectivity index (χ0v) is 9.63. The lowest BCUT2D eigenvalue weighted by atomic mass is 9.91. The fraction of sp³-hybridized carbons (Fsp3) is 0.538. The van der Waals surface area contributed by atoms with E-state index in [2.05, 4.69) is 5.32 Å². The first-order chi connectivity index (χ1) is 7.79. The van der Waals surface area contributed by atoms with Crippen LogP contribution >= 0.6 is 0 Å². The third-order valence-electron chi connectivity index (χ3n) is 3.22. The molecule has 0 amide bonds. The Hall–Kier alpha value is -1.09. The molecular weight excluding hydrogens is 205 g/mol. The van der Waals surface area contributed by atoms with Crippen LogP contribution in [-0.2, 0) is 6.42 Å². The Kier molecular flexibility index (Phi) is 3.78. The Balaban J connectivity index is 2.06. The average molecular weight is 223 g/mol. The first-order valence-electron chi connectivity index (χ1n) is 5.82. The molecule has 1 aromatic rings. The fourth-order valence-corrected chi connectivity index (χ4v) is 2.23. The standard InChI is InChI=1S/C13H18FNO/c1-16-12-2-3-13(14)11(9-12)8-10-4-6-15-7-5-10/h2-3,9-10,15H,4-8H2,1H3. The highest BCUT2D eigenvalue weighted by Crippen LogP contribution is 2.23. The molecular formula is C13H18FNO. The molecule has 0 saturated carbocycles. The van der Waals surface area contributed by atoms with Gasteiger partial charge in [-0.2, -0.15) is 0 Å². The van der Waals surface area contributed by atoms with Gasteiger partial charge >= 0.3 is 0 Å². The number of nitrogens with one attached hydrogen (secondary N) is 1. The molecule has 0 spiro atoms. The van der Waals surface area contributed by atoms with Gasteiger partial charge in [0.15, 0.2) is 0 Å². The SMILES string of the molecule is COc1ccc(F)c(CC2CCNCC2)c1. The molecule has 1 fully saturated rings. The van der Waals surface area contributed by atoms with E-state index in [0.717, 1.165) is 43.7 Å². The Morgan fingerprint density at radius 2 is 2.12 bits per heavy atom. The van der Waals surface area contributed by atoms with Gasteiger partial charge in [0, 0.05) is 0 Å². The van der Waals surface area contributed by atoms with Crippen LogP contribution in [0, 0.1) is 11.7 Å². The van der Waals surface area contributed by atoms with E-state index in [1.165, 1.54) is 6.07 Å². The molecule has 0 aromatic heterocycles. The van der Waals surface area contributed by atoms with Crippen molar-refractivity contribution in [1.29, 1.82) is 0 Å². The molecule has 0 radical (unpaired) electrons. The third kappa shape index (κ3) is 2.73. The van der Waals surface area contributed by atoms with E-state index in [-0.39, 0.29) is 5.82 Å². The van der Waals surface area contributed by atoms with Crippen LogP contribution in [0.3, 0.4) is 0 Å².